The van der Waals surface area contributed by atoms with Crippen molar-refractivity contribution in [3.8, 4) is 0 Å². The Morgan fingerprint density at radius 2 is 1.95 bits per heavy atom. The van der Waals surface area contributed by atoms with Gasteiger partial charge in [0, 0.05) is 12.6 Å². The second-order valence-electron chi connectivity index (χ2n) is 4.64. The minimum atomic E-state index is -0.876. The number of hydrogen-bond acceptors (Lipinski definition) is 4. The minimum absolute atomic E-state index is 0.00770. The summed E-state index contributed by atoms with van der Waals surface area (Å²) in [6.45, 7) is 4.49. The highest BCUT2D eigenvalue weighted by molar-refractivity contribution is 5.72. The highest BCUT2D eigenvalue weighted by atomic mass is 16.5. The molecule has 0 spiro atoms. The van der Waals surface area contributed by atoms with Gasteiger partial charge in [0.1, 0.15) is 0 Å². The third-order valence-corrected chi connectivity index (χ3v) is 2.96. The van der Waals surface area contributed by atoms with Crippen molar-refractivity contribution in [2.45, 2.75) is 32.9 Å². The number of nitrogens with zero attached hydrogens (tertiary/aromatic N) is 1. The summed E-state index contributed by atoms with van der Waals surface area (Å²) in [5.74, 6) is -1.21. The van der Waals surface area contributed by atoms with Crippen LogP contribution in [0.3, 0.4) is 0 Å². The predicted molar refractivity (Wildman–Crippen MR) is 75.2 cm³/mol. The molecule has 1 unspecified atom stereocenters. The first-order chi connectivity index (χ1) is 9.52. The lowest BCUT2D eigenvalue weighted by Gasteiger charge is -2.27. The normalized spacial score (nSPS) is 12.2. The highest BCUT2D eigenvalue weighted by Gasteiger charge is 2.20. The van der Waals surface area contributed by atoms with Crippen LogP contribution < -0.4 is 0 Å². The maximum Gasteiger partial charge on any atom is 0.320 e. The fourth-order valence-corrected chi connectivity index (χ4v) is 1.94. The molecule has 0 amide bonds. The van der Waals surface area contributed by atoms with E-state index in [1.54, 1.807) is 13.8 Å². The van der Waals surface area contributed by atoms with Gasteiger partial charge in [-0.05, 0) is 19.4 Å². The largest absolute Gasteiger partial charge is 0.481 e. The van der Waals surface area contributed by atoms with Crippen LogP contribution in [0.1, 0.15) is 25.8 Å². The van der Waals surface area contributed by atoms with Crippen LogP contribution in [0.15, 0.2) is 30.3 Å². The number of carbonyl (C=O) groups is 2. The van der Waals surface area contributed by atoms with Crippen molar-refractivity contribution in [1.82, 2.24) is 4.90 Å². The molecule has 0 aliphatic rings. The van der Waals surface area contributed by atoms with E-state index >= 15 is 0 Å². The van der Waals surface area contributed by atoms with Crippen LogP contribution in [0.5, 0.6) is 0 Å². The summed E-state index contributed by atoms with van der Waals surface area (Å²) >= 11 is 0. The molecular formula is C15H21NO4. The number of carboxylic acids is 1. The van der Waals surface area contributed by atoms with Gasteiger partial charge in [-0.15, -0.1) is 0 Å². The standard InChI is InChI=1S/C15H21NO4/c1-3-20-15(19)11-16(12(2)9-14(17)18)10-13-7-5-4-6-8-13/h4-8,12H,3,9-11H2,1-2H3,(H,17,18). The van der Waals surface area contributed by atoms with Crippen molar-refractivity contribution in [2.75, 3.05) is 13.2 Å². The van der Waals surface area contributed by atoms with E-state index in [2.05, 4.69) is 0 Å². The van der Waals surface area contributed by atoms with Crippen molar-refractivity contribution in [3.05, 3.63) is 35.9 Å². The average molecular weight is 279 g/mol. The van der Waals surface area contributed by atoms with E-state index in [1.807, 2.05) is 35.2 Å². The summed E-state index contributed by atoms with van der Waals surface area (Å²) in [6, 6.07) is 9.41. The Morgan fingerprint density at radius 1 is 1.30 bits per heavy atom. The Hall–Kier alpha value is -1.88. The van der Waals surface area contributed by atoms with Crippen molar-refractivity contribution in [3.63, 3.8) is 0 Å². The number of carboxylic acid groups (broad SMARTS) is 1. The van der Waals surface area contributed by atoms with Gasteiger partial charge in [-0.25, -0.2) is 0 Å². The van der Waals surface area contributed by atoms with Crippen molar-refractivity contribution >= 4 is 11.9 Å². The second-order valence-corrected chi connectivity index (χ2v) is 4.64. The summed E-state index contributed by atoms with van der Waals surface area (Å²) in [7, 11) is 0. The molecule has 1 atom stereocenters. The van der Waals surface area contributed by atoms with Crippen molar-refractivity contribution < 1.29 is 19.4 Å². The smallest absolute Gasteiger partial charge is 0.320 e. The molecule has 0 radical (unpaired) electrons. The van der Waals surface area contributed by atoms with E-state index in [4.69, 9.17) is 9.84 Å². The number of carbonyl (C=O) groups excluding carboxylic acids is 1. The summed E-state index contributed by atoms with van der Waals surface area (Å²) in [5.41, 5.74) is 1.04. The molecular weight excluding hydrogens is 258 g/mol. The Labute approximate surface area is 119 Å². The quantitative estimate of drug-likeness (QED) is 0.736. The van der Waals surface area contributed by atoms with Crippen LogP contribution in [-0.4, -0.2) is 41.1 Å². The van der Waals surface area contributed by atoms with Gasteiger partial charge in [-0.3, -0.25) is 14.5 Å². The molecule has 0 fully saturated rings. The van der Waals surface area contributed by atoms with E-state index in [0.29, 0.717) is 13.2 Å². The molecule has 0 saturated carbocycles. The van der Waals surface area contributed by atoms with Gasteiger partial charge in [-0.1, -0.05) is 30.3 Å². The van der Waals surface area contributed by atoms with E-state index in [-0.39, 0.29) is 25.0 Å². The first-order valence-electron chi connectivity index (χ1n) is 6.68. The van der Waals surface area contributed by atoms with Crippen LogP contribution in [0.25, 0.3) is 0 Å². The number of aliphatic carboxylic acids is 1. The first-order valence-corrected chi connectivity index (χ1v) is 6.68. The Balaban J connectivity index is 2.72. The lowest BCUT2D eigenvalue weighted by molar-refractivity contribution is -0.146. The van der Waals surface area contributed by atoms with Crippen LogP contribution in [0.2, 0.25) is 0 Å². The van der Waals surface area contributed by atoms with Gasteiger partial charge >= 0.3 is 11.9 Å². The van der Waals surface area contributed by atoms with Gasteiger partial charge in [0.05, 0.1) is 19.6 Å². The van der Waals surface area contributed by atoms with Crippen molar-refractivity contribution in [1.29, 1.82) is 0 Å². The van der Waals surface area contributed by atoms with E-state index < -0.39 is 5.97 Å². The minimum Gasteiger partial charge on any atom is -0.481 e. The number of rotatable bonds is 8. The fraction of sp³-hybridized carbons (Fsp3) is 0.467. The monoisotopic (exact) mass is 279 g/mol. The molecule has 0 aromatic heterocycles. The number of benzene rings is 1. The molecule has 20 heavy (non-hydrogen) atoms. The van der Waals surface area contributed by atoms with Crippen LogP contribution in [-0.2, 0) is 20.9 Å². The van der Waals surface area contributed by atoms with Crippen LogP contribution >= 0.6 is 0 Å². The Morgan fingerprint density at radius 3 is 2.50 bits per heavy atom. The Bertz CT molecular complexity index is 433. The molecule has 0 aliphatic carbocycles. The van der Waals surface area contributed by atoms with Gasteiger partial charge in [0.25, 0.3) is 0 Å². The van der Waals surface area contributed by atoms with Crippen molar-refractivity contribution in [2.24, 2.45) is 0 Å². The van der Waals surface area contributed by atoms with E-state index in [1.165, 1.54) is 0 Å². The molecule has 110 valence electrons. The Kier molecular flexibility index (Phi) is 6.73. The molecule has 0 saturated heterocycles. The zero-order chi connectivity index (χ0) is 15.0. The fourth-order valence-electron chi connectivity index (χ4n) is 1.94. The molecule has 0 heterocycles. The third kappa shape index (κ3) is 5.84. The summed E-state index contributed by atoms with van der Waals surface area (Å²) in [5, 5.41) is 8.89. The lowest BCUT2D eigenvalue weighted by atomic mass is 10.1. The van der Waals surface area contributed by atoms with Gasteiger partial charge in [0.15, 0.2) is 0 Å². The maximum absolute atomic E-state index is 11.6. The van der Waals surface area contributed by atoms with E-state index in [9.17, 15) is 9.59 Å². The predicted octanol–water partition coefficient (Wildman–Crippen LogP) is 1.91. The summed E-state index contributed by atoms with van der Waals surface area (Å²) in [4.78, 5) is 24.3. The topological polar surface area (TPSA) is 66.8 Å². The zero-order valence-corrected chi connectivity index (χ0v) is 11.9. The SMILES string of the molecule is CCOC(=O)CN(Cc1ccccc1)C(C)CC(=O)O. The highest BCUT2D eigenvalue weighted by Crippen LogP contribution is 2.11. The van der Waals surface area contributed by atoms with E-state index in [0.717, 1.165) is 5.56 Å². The third-order valence-electron chi connectivity index (χ3n) is 2.96. The second kappa shape index (κ2) is 8.32. The number of esters is 1. The molecule has 1 rings (SSSR count). The lowest BCUT2D eigenvalue weighted by Crippen LogP contribution is -2.38. The first kappa shape index (κ1) is 16.2. The molecule has 1 aromatic rings. The molecule has 0 bridgehead atoms. The molecule has 0 aliphatic heterocycles. The molecule has 5 nitrogen and oxygen atoms in total. The van der Waals surface area contributed by atoms with Crippen LogP contribution in [0.4, 0.5) is 0 Å². The summed E-state index contributed by atoms with van der Waals surface area (Å²) in [6.07, 6.45) is -0.00770. The van der Waals surface area contributed by atoms with Gasteiger partial charge in [-0.2, -0.15) is 0 Å². The number of hydrogen-bond donors (Lipinski definition) is 1. The zero-order valence-electron chi connectivity index (χ0n) is 11.9. The molecule has 1 aromatic carbocycles. The maximum atomic E-state index is 11.6. The average Bonchev–Trinajstić information content (AvgIpc) is 2.38. The van der Waals surface area contributed by atoms with Crippen LogP contribution in [0, 0.1) is 0 Å². The summed E-state index contributed by atoms with van der Waals surface area (Å²) < 4.78 is 4.94. The molecule has 1 N–H and O–H groups in total. The van der Waals surface area contributed by atoms with Gasteiger partial charge in [0.2, 0.25) is 0 Å². The molecule has 5 heteroatoms. The van der Waals surface area contributed by atoms with Gasteiger partial charge < -0.3 is 9.84 Å². The number of ether oxygens (including phenoxy) is 1.